The van der Waals surface area contributed by atoms with E-state index < -0.39 is 97.5 Å². The Morgan fingerprint density at radius 1 is 0.290 bits per heavy atom. The first-order valence-electron chi connectivity index (χ1n) is 39.8. The van der Waals surface area contributed by atoms with Gasteiger partial charge in [0.2, 0.25) is 0 Å². The van der Waals surface area contributed by atoms with Crippen LogP contribution in [0.15, 0.2) is 85.1 Å². The molecule has 19 heteroatoms. The maximum atomic E-state index is 13.1. The number of carbonyl (C=O) groups is 4. The van der Waals surface area contributed by atoms with Crippen molar-refractivity contribution >= 4 is 39.5 Å². The van der Waals surface area contributed by atoms with Crippen molar-refractivity contribution in [3.8, 4) is 0 Å². The Hall–Kier alpha value is -3.76. The van der Waals surface area contributed by atoms with Crippen LogP contribution in [-0.2, 0) is 65.4 Å². The van der Waals surface area contributed by atoms with E-state index in [0.717, 1.165) is 161 Å². The molecule has 0 fully saturated rings. The summed E-state index contributed by atoms with van der Waals surface area (Å²) >= 11 is 0. The molecule has 0 aliphatic rings. The van der Waals surface area contributed by atoms with Crippen LogP contribution in [0.25, 0.3) is 0 Å². The molecule has 0 saturated carbocycles. The Bertz CT molecular complexity index is 2230. The number of ether oxygens (including phenoxy) is 4. The van der Waals surface area contributed by atoms with Gasteiger partial charge in [0, 0.05) is 25.7 Å². The highest BCUT2D eigenvalue weighted by molar-refractivity contribution is 7.47. The van der Waals surface area contributed by atoms with Crippen LogP contribution in [0.3, 0.4) is 0 Å². The molecule has 5 atom stereocenters. The first-order chi connectivity index (χ1) is 48.7. The van der Waals surface area contributed by atoms with E-state index in [-0.39, 0.29) is 25.7 Å². The summed E-state index contributed by atoms with van der Waals surface area (Å²) in [5.41, 5.74) is 0. The maximum Gasteiger partial charge on any atom is 0.472 e. The standard InChI is InChI=1S/C81H144O17P2/c1-5-9-13-17-21-25-29-33-36-37-40-43-46-50-54-58-62-66-79(84)92-71-76(97-80(85)67-63-59-55-51-47-41-32-28-24-20-16-12-8-4)73-95-99(87,88)93-69-75(82)70-94-100(89,90)96-74-77(98-81(86)68-64-60-56-52-48-44-39-35-31-27-23-19-15-11-7-3)72-91-78(83)65-61-57-53-49-45-42-38-34-30-26-22-18-14-10-6-2/h9,13,21-22,25-26,28,32-34,36,38,40,43,75-77,82H,5-8,10-12,14-20,23-24,27,29-31,35,37,39,41-42,44-74H2,1-4H3,(H,87,88)(H,89,90)/b13-9-,25-21-,26-22-,32-28-,36-33-,38-34-,43-40-. The van der Waals surface area contributed by atoms with Crippen LogP contribution in [-0.4, -0.2) is 96.7 Å². The van der Waals surface area contributed by atoms with E-state index in [9.17, 15) is 43.2 Å². The number of aliphatic hydroxyl groups excluding tert-OH is 1. The second-order valence-corrected chi connectivity index (χ2v) is 29.5. The maximum absolute atomic E-state index is 13.1. The summed E-state index contributed by atoms with van der Waals surface area (Å²) in [5.74, 6) is -2.20. The summed E-state index contributed by atoms with van der Waals surface area (Å²) < 4.78 is 68.6. The molecular formula is C81H144O17P2. The fraction of sp³-hybridized carbons (Fsp3) is 0.778. The van der Waals surface area contributed by atoms with Crippen molar-refractivity contribution in [2.24, 2.45) is 0 Å². The van der Waals surface area contributed by atoms with Gasteiger partial charge in [0.25, 0.3) is 0 Å². The Morgan fingerprint density at radius 2 is 0.520 bits per heavy atom. The van der Waals surface area contributed by atoms with Crippen molar-refractivity contribution in [2.75, 3.05) is 39.6 Å². The molecule has 17 nitrogen and oxygen atoms in total. The van der Waals surface area contributed by atoms with Gasteiger partial charge < -0.3 is 33.8 Å². The molecular weight excluding hydrogens is 1310 g/mol. The number of hydrogen-bond donors (Lipinski definition) is 3. The van der Waals surface area contributed by atoms with E-state index in [0.29, 0.717) is 25.7 Å². The molecule has 5 unspecified atom stereocenters. The zero-order chi connectivity index (χ0) is 73.2. The monoisotopic (exact) mass is 1450 g/mol. The third-order valence-corrected chi connectivity index (χ3v) is 18.7. The van der Waals surface area contributed by atoms with E-state index >= 15 is 0 Å². The molecule has 0 radical (unpaired) electrons. The van der Waals surface area contributed by atoms with Crippen molar-refractivity contribution in [3.63, 3.8) is 0 Å². The van der Waals surface area contributed by atoms with Crippen molar-refractivity contribution in [3.05, 3.63) is 85.1 Å². The molecule has 100 heavy (non-hydrogen) atoms. The smallest absolute Gasteiger partial charge is 0.462 e. The fourth-order valence-electron chi connectivity index (χ4n) is 10.8. The van der Waals surface area contributed by atoms with E-state index in [1.165, 1.54) is 109 Å². The summed E-state index contributed by atoms with van der Waals surface area (Å²) in [5, 5.41) is 10.6. The quantitative estimate of drug-likeness (QED) is 0.0169. The largest absolute Gasteiger partial charge is 0.472 e. The lowest BCUT2D eigenvalue weighted by Gasteiger charge is -2.21. The highest BCUT2D eigenvalue weighted by Crippen LogP contribution is 2.45. The molecule has 0 aromatic heterocycles. The lowest BCUT2D eigenvalue weighted by Crippen LogP contribution is -2.30. The highest BCUT2D eigenvalue weighted by Gasteiger charge is 2.30. The minimum absolute atomic E-state index is 0.0803. The van der Waals surface area contributed by atoms with Gasteiger partial charge in [0.15, 0.2) is 12.2 Å². The molecule has 0 bridgehead atoms. The number of unbranched alkanes of at least 4 members (excludes halogenated alkanes) is 35. The van der Waals surface area contributed by atoms with E-state index in [2.05, 4.69) is 113 Å². The number of allylic oxidation sites excluding steroid dienone is 14. The van der Waals surface area contributed by atoms with Crippen LogP contribution in [0.4, 0.5) is 0 Å². The molecule has 0 aromatic carbocycles. The lowest BCUT2D eigenvalue weighted by molar-refractivity contribution is -0.161. The molecule has 0 rings (SSSR count). The summed E-state index contributed by atoms with van der Waals surface area (Å²) in [6.45, 7) is 4.72. The number of phosphoric ester groups is 2. The predicted molar refractivity (Wildman–Crippen MR) is 409 cm³/mol. The third-order valence-electron chi connectivity index (χ3n) is 16.8. The first kappa shape index (κ1) is 96.2. The van der Waals surface area contributed by atoms with Crippen molar-refractivity contribution in [1.82, 2.24) is 0 Å². The predicted octanol–water partition coefficient (Wildman–Crippen LogP) is 23.0. The molecule has 0 amide bonds. The topological polar surface area (TPSA) is 237 Å². The SMILES string of the molecule is CC/C=C\C/C=C\C/C=C\C/C=C\CCCCCCC(=O)OCC(COP(=O)(O)OCC(O)COP(=O)(O)OCC(COC(=O)CCCCCCC/C=C\C/C=C\CCCCC)OC(=O)CCCCCCCCCCCCCCCCC)OC(=O)CCCCCCC/C=C\CCCCCC. The summed E-state index contributed by atoms with van der Waals surface area (Å²) in [7, 11) is -9.96. The molecule has 0 heterocycles. The molecule has 0 spiro atoms. The highest BCUT2D eigenvalue weighted by atomic mass is 31.2. The Balaban J connectivity index is 5.36. The second-order valence-electron chi connectivity index (χ2n) is 26.6. The average molecular weight is 1450 g/mol. The van der Waals surface area contributed by atoms with Gasteiger partial charge in [0.1, 0.15) is 19.3 Å². The van der Waals surface area contributed by atoms with Crippen LogP contribution >= 0.6 is 15.6 Å². The molecule has 3 N–H and O–H groups in total. The number of rotatable bonds is 75. The number of aliphatic hydroxyl groups is 1. The van der Waals surface area contributed by atoms with Gasteiger partial charge in [0.05, 0.1) is 26.4 Å². The Morgan fingerprint density at radius 3 is 0.840 bits per heavy atom. The van der Waals surface area contributed by atoms with Crippen molar-refractivity contribution in [1.29, 1.82) is 0 Å². The molecule has 0 aromatic rings. The minimum atomic E-state index is -4.98. The molecule has 580 valence electrons. The fourth-order valence-corrected chi connectivity index (χ4v) is 12.3. The first-order valence-corrected chi connectivity index (χ1v) is 42.8. The number of phosphoric acid groups is 2. The summed E-state index contributed by atoms with van der Waals surface area (Å²) in [6.07, 6.45) is 75.6. The van der Waals surface area contributed by atoms with E-state index in [1.54, 1.807) is 0 Å². The number of esters is 4. The average Bonchev–Trinajstić information content (AvgIpc) is 0.965. The van der Waals surface area contributed by atoms with Crippen LogP contribution < -0.4 is 0 Å². The van der Waals surface area contributed by atoms with Crippen LogP contribution in [0.5, 0.6) is 0 Å². The zero-order valence-electron chi connectivity index (χ0n) is 63.4. The van der Waals surface area contributed by atoms with Crippen molar-refractivity contribution < 1.29 is 80.2 Å². The van der Waals surface area contributed by atoms with Gasteiger partial charge in [-0.1, -0.05) is 286 Å². The molecule has 0 aliphatic heterocycles. The van der Waals surface area contributed by atoms with E-state index in [1.807, 2.05) is 0 Å². The zero-order valence-corrected chi connectivity index (χ0v) is 65.2. The lowest BCUT2D eigenvalue weighted by atomic mass is 10.0. The van der Waals surface area contributed by atoms with Gasteiger partial charge in [-0.05, 0) is 122 Å². The second kappa shape index (κ2) is 73.5. The third kappa shape index (κ3) is 72.6. The van der Waals surface area contributed by atoms with Crippen LogP contribution in [0.1, 0.15) is 349 Å². The number of hydrogen-bond acceptors (Lipinski definition) is 15. The summed E-state index contributed by atoms with van der Waals surface area (Å²) in [6, 6.07) is 0. The Kier molecular flexibility index (Phi) is 70.8. The van der Waals surface area contributed by atoms with Crippen LogP contribution in [0.2, 0.25) is 0 Å². The molecule has 0 saturated heterocycles. The van der Waals surface area contributed by atoms with Gasteiger partial charge in [-0.2, -0.15) is 0 Å². The van der Waals surface area contributed by atoms with Crippen molar-refractivity contribution in [2.45, 2.75) is 367 Å². The van der Waals surface area contributed by atoms with E-state index in [4.69, 9.17) is 37.0 Å². The normalized spacial score (nSPS) is 14.3. The van der Waals surface area contributed by atoms with Gasteiger partial charge in [-0.3, -0.25) is 37.3 Å². The van der Waals surface area contributed by atoms with Gasteiger partial charge >= 0.3 is 39.5 Å². The summed E-state index contributed by atoms with van der Waals surface area (Å²) in [4.78, 5) is 73.0. The Labute approximate surface area is 608 Å². The van der Waals surface area contributed by atoms with Crippen LogP contribution in [0, 0.1) is 0 Å². The van der Waals surface area contributed by atoms with Gasteiger partial charge in [-0.25, -0.2) is 9.13 Å². The molecule has 0 aliphatic carbocycles. The number of carbonyl (C=O) groups excluding carboxylic acids is 4. The minimum Gasteiger partial charge on any atom is -0.462 e. The van der Waals surface area contributed by atoms with Gasteiger partial charge in [-0.15, -0.1) is 0 Å².